The van der Waals surface area contributed by atoms with Crippen LogP contribution in [0.4, 0.5) is 10.5 Å². The van der Waals surface area contributed by atoms with Crippen LogP contribution in [0, 0.1) is 19.8 Å². The molecule has 1 heterocycles. The van der Waals surface area contributed by atoms with Gasteiger partial charge in [0.15, 0.2) is 0 Å². The van der Waals surface area contributed by atoms with Crippen LogP contribution in [-0.2, 0) is 4.79 Å². The molecule has 6 nitrogen and oxygen atoms in total. The SMILES string of the molecule is Cc1ccc(NC(=O)NCCCC(C)C(=O)O)c(C)n1. The number of amides is 2. The van der Waals surface area contributed by atoms with E-state index in [1.165, 1.54) is 0 Å². The molecule has 0 spiro atoms. The minimum absolute atomic E-state index is 0.304. The molecule has 110 valence electrons. The number of aryl methyl sites for hydroxylation is 2. The minimum Gasteiger partial charge on any atom is -0.481 e. The quantitative estimate of drug-likeness (QED) is 0.697. The van der Waals surface area contributed by atoms with Crippen molar-refractivity contribution in [1.82, 2.24) is 10.3 Å². The van der Waals surface area contributed by atoms with E-state index < -0.39 is 5.97 Å². The molecule has 0 radical (unpaired) electrons. The second kappa shape index (κ2) is 7.47. The average molecular weight is 279 g/mol. The van der Waals surface area contributed by atoms with Crippen molar-refractivity contribution in [3.63, 3.8) is 0 Å². The van der Waals surface area contributed by atoms with Gasteiger partial charge in [-0.3, -0.25) is 9.78 Å². The Morgan fingerprint density at radius 1 is 1.35 bits per heavy atom. The second-order valence-corrected chi connectivity index (χ2v) is 4.85. The Kier molecular flexibility index (Phi) is 5.96. The Morgan fingerprint density at radius 2 is 2.05 bits per heavy atom. The number of aliphatic carboxylic acids is 1. The topological polar surface area (TPSA) is 91.3 Å². The summed E-state index contributed by atoms with van der Waals surface area (Å²) in [4.78, 5) is 26.5. The molecule has 0 saturated heterocycles. The van der Waals surface area contributed by atoms with Crippen LogP contribution in [0.5, 0.6) is 0 Å². The van der Waals surface area contributed by atoms with Gasteiger partial charge in [-0.25, -0.2) is 4.79 Å². The lowest BCUT2D eigenvalue weighted by Crippen LogP contribution is -2.30. The summed E-state index contributed by atoms with van der Waals surface area (Å²) in [5.74, 6) is -1.20. The number of pyridine rings is 1. The standard InChI is InChI=1S/C14H21N3O3/c1-9(13(18)19)5-4-8-15-14(20)17-12-7-6-10(2)16-11(12)3/h6-7,9H,4-5,8H2,1-3H3,(H,18,19)(H2,15,17,20). The molecule has 6 heteroatoms. The van der Waals surface area contributed by atoms with Gasteiger partial charge in [0.2, 0.25) is 0 Å². The maximum atomic E-state index is 11.7. The van der Waals surface area contributed by atoms with Gasteiger partial charge in [-0.15, -0.1) is 0 Å². The zero-order chi connectivity index (χ0) is 15.1. The molecule has 2 amide bonds. The number of anilines is 1. The molecule has 0 bridgehead atoms. The van der Waals surface area contributed by atoms with Crippen molar-refractivity contribution >= 4 is 17.7 Å². The molecule has 0 aliphatic rings. The van der Waals surface area contributed by atoms with E-state index in [0.29, 0.717) is 25.1 Å². The van der Waals surface area contributed by atoms with Crippen molar-refractivity contribution in [3.05, 3.63) is 23.5 Å². The first-order valence-corrected chi connectivity index (χ1v) is 6.62. The summed E-state index contributed by atoms with van der Waals surface area (Å²) in [5.41, 5.74) is 2.34. The van der Waals surface area contributed by atoms with E-state index in [0.717, 1.165) is 11.4 Å². The van der Waals surface area contributed by atoms with E-state index in [4.69, 9.17) is 5.11 Å². The van der Waals surface area contributed by atoms with E-state index in [1.54, 1.807) is 6.92 Å². The third kappa shape index (κ3) is 5.26. The molecule has 1 atom stereocenters. The summed E-state index contributed by atoms with van der Waals surface area (Å²) in [6.45, 7) is 5.82. The third-order valence-corrected chi connectivity index (χ3v) is 2.99. The largest absolute Gasteiger partial charge is 0.481 e. The summed E-state index contributed by atoms with van der Waals surface area (Å²) in [6.07, 6.45) is 1.17. The molecule has 3 N–H and O–H groups in total. The zero-order valence-electron chi connectivity index (χ0n) is 12.1. The number of hydrogen-bond acceptors (Lipinski definition) is 3. The van der Waals surface area contributed by atoms with Gasteiger partial charge in [-0.1, -0.05) is 6.92 Å². The number of nitrogens with zero attached hydrogens (tertiary/aromatic N) is 1. The molecule has 20 heavy (non-hydrogen) atoms. The number of urea groups is 1. The van der Waals surface area contributed by atoms with Crippen LogP contribution < -0.4 is 10.6 Å². The van der Waals surface area contributed by atoms with E-state index in [1.807, 2.05) is 26.0 Å². The van der Waals surface area contributed by atoms with E-state index in [9.17, 15) is 9.59 Å². The molecule has 1 aromatic heterocycles. The van der Waals surface area contributed by atoms with Crippen molar-refractivity contribution in [3.8, 4) is 0 Å². The lowest BCUT2D eigenvalue weighted by molar-refractivity contribution is -0.141. The normalized spacial score (nSPS) is 11.8. The number of carbonyl (C=O) groups excluding carboxylic acids is 1. The number of carboxylic acids is 1. The number of aromatic nitrogens is 1. The van der Waals surface area contributed by atoms with Gasteiger partial charge >= 0.3 is 12.0 Å². The molecule has 0 aromatic carbocycles. The van der Waals surface area contributed by atoms with Crippen LogP contribution in [0.1, 0.15) is 31.2 Å². The maximum Gasteiger partial charge on any atom is 0.319 e. The highest BCUT2D eigenvalue weighted by molar-refractivity contribution is 5.89. The number of carbonyl (C=O) groups is 2. The minimum atomic E-state index is -0.809. The Labute approximate surface area is 118 Å². The van der Waals surface area contributed by atoms with Gasteiger partial charge in [0.1, 0.15) is 0 Å². The van der Waals surface area contributed by atoms with Crippen LogP contribution in [0.15, 0.2) is 12.1 Å². The molecular weight excluding hydrogens is 258 g/mol. The summed E-state index contributed by atoms with van der Waals surface area (Å²) in [6, 6.07) is 3.34. The molecule has 1 aromatic rings. The maximum absolute atomic E-state index is 11.7. The Morgan fingerprint density at radius 3 is 2.65 bits per heavy atom. The van der Waals surface area contributed by atoms with Gasteiger partial charge in [0.05, 0.1) is 17.3 Å². The van der Waals surface area contributed by atoms with Crippen molar-refractivity contribution in [2.45, 2.75) is 33.6 Å². The highest BCUT2D eigenvalue weighted by Gasteiger charge is 2.10. The number of nitrogens with one attached hydrogen (secondary N) is 2. The van der Waals surface area contributed by atoms with Crippen molar-refractivity contribution in [1.29, 1.82) is 0 Å². The first-order valence-electron chi connectivity index (χ1n) is 6.62. The summed E-state index contributed by atoms with van der Waals surface area (Å²) in [7, 11) is 0. The highest BCUT2D eigenvalue weighted by Crippen LogP contribution is 2.12. The molecule has 0 saturated carbocycles. The highest BCUT2D eigenvalue weighted by atomic mass is 16.4. The lowest BCUT2D eigenvalue weighted by atomic mass is 10.1. The molecule has 0 fully saturated rings. The predicted molar refractivity (Wildman–Crippen MR) is 76.8 cm³/mol. The number of rotatable bonds is 6. The van der Waals surface area contributed by atoms with E-state index in [-0.39, 0.29) is 11.9 Å². The van der Waals surface area contributed by atoms with Crippen molar-refractivity contribution < 1.29 is 14.7 Å². The molecule has 0 aliphatic heterocycles. The van der Waals surface area contributed by atoms with Gasteiger partial charge < -0.3 is 15.7 Å². The Bertz CT molecular complexity index is 489. The van der Waals surface area contributed by atoms with Gasteiger partial charge in [-0.05, 0) is 38.8 Å². The van der Waals surface area contributed by atoms with E-state index >= 15 is 0 Å². The first-order chi connectivity index (χ1) is 9.40. The Hall–Kier alpha value is -2.11. The van der Waals surface area contributed by atoms with Crippen LogP contribution in [0.25, 0.3) is 0 Å². The molecular formula is C14H21N3O3. The van der Waals surface area contributed by atoms with Gasteiger partial charge in [-0.2, -0.15) is 0 Å². The summed E-state index contributed by atoms with van der Waals surface area (Å²) in [5, 5.41) is 14.1. The average Bonchev–Trinajstić information content (AvgIpc) is 2.37. The van der Waals surface area contributed by atoms with Crippen molar-refractivity contribution in [2.24, 2.45) is 5.92 Å². The fraction of sp³-hybridized carbons (Fsp3) is 0.500. The van der Waals surface area contributed by atoms with Gasteiger partial charge in [0.25, 0.3) is 0 Å². The number of hydrogen-bond donors (Lipinski definition) is 3. The van der Waals surface area contributed by atoms with Gasteiger partial charge in [0, 0.05) is 12.2 Å². The van der Waals surface area contributed by atoms with Crippen LogP contribution in [0.3, 0.4) is 0 Å². The second-order valence-electron chi connectivity index (χ2n) is 4.85. The summed E-state index contributed by atoms with van der Waals surface area (Å²) < 4.78 is 0. The van der Waals surface area contributed by atoms with Crippen LogP contribution in [-0.4, -0.2) is 28.6 Å². The molecule has 0 aliphatic carbocycles. The van der Waals surface area contributed by atoms with Crippen molar-refractivity contribution in [2.75, 3.05) is 11.9 Å². The zero-order valence-corrected chi connectivity index (χ0v) is 12.1. The van der Waals surface area contributed by atoms with Crippen LogP contribution in [0.2, 0.25) is 0 Å². The fourth-order valence-corrected chi connectivity index (χ4v) is 1.72. The lowest BCUT2D eigenvalue weighted by Gasteiger charge is -2.10. The van der Waals surface area contributed by atoms with Crippen LogP contribution >= 0.6 is 0 Å². The monoisotopic (exact) mass is 279 g/mol. The smallest absolute Gasteiger partial charge is 0.319 e. The molecule has 1 rings (SSSR count). The third-order valence-electron chi connectivity index (χ3n) is 2.99. The fourth-order valence-electron chi connectivity index (χ4n) is 1.72. The Balaban J connectivity index is 2.32. The number of carboxylic acid groups (broad SMARTS) is 1. The van der Waals surface area contributed by atoms with E-state index in [2.05, 4.69) is 15.6 Å². The summed E-state index contributed by atoms with van der Waals surface area (Å²) >= 11 is 0. The predicted octanol–water partition coefficient (Wildman–Crippen LogP) is 2.32. The first kappa shape index (κ1) is 15.9. The molecule has 1 unspecified atom stereocenters.